The first-order valence-corrected chi connectivity index (χ1v) is 5.67. The summed E-state index contributed by atoms with van der Waals surface area (Å²) in [4.78, 5) is 5.14. The van der Waals surface area contributed by atoms with E-state index in [1.165, 1.54) is 29.1 Å². The highest BCUT2D eigenvalue weighted by Gasteiger charge is 1.85. The molecule has 0 aliphatic heterocycles. The van der Waals surface area contributed by atoms with Crippen LogP contribution in [0.2, 0.25) is 6.04 Å². The molecule has 0 saturated carbocycles. The molecule has 3 heteroatoms. The SMILES string of the molecule is CCCCONCCC[SiH3]. The molecule has 0 radical (unpaired) electrons. The number of hydroxylamine groups is 1. The van der Waals surface area contributed by atoms with Crippen molar-refractivity contribution in [3.8, 4) is 0 Å². The Morgan fingerprint density at radius 1 is 1.40 bits per heavy atom. The number of rotatable bonds is 7. The second-order valence-electron chi connectivity index (χ2n) is 2.45. The Kier molecular flexibility index (Phi) is 9.26. The van der Waals surface area contributed by atoms with E-state index in [9.17, 15) is 0 Å². The molecule has 0 spiro atoms. The largest absolute Gasteiger partial charge is 0.302 e. The molecule has 0 unspecified atom stereocenters. The monoisotopic (exact) mass is 161 g/mol. The van der Waals surface area contributed by atoms with Crippen LogP contribution in [-0.4, -0.2) is 23.4 Å². The second-order valence-corrected chi connectivity index (χ2v) is 3.45. The van der Waals surface area contributed by atoms with Gasteiger partial charge in [0.05, 0.1) is 6.61 Å². The summed E-state index contributed by atoms with van der Waals surface area (Å²) in [6, 6.07) is 1.37. The highest BCUT2D eigenvalue weighted by atomic mass is 28.1. The minimum absolute atomic E-state index is 0.859. The molecule has 0 rings (SSSR count). The van der Waals surface area contributed by atoms with Crippen LogP contribution in [0, 0.1) is 0 Å². The molecule has 1 N–H and O–H groups in total. The van der Waals surface area contributed by atoms with Crippen molar-refractivity contribution in [3.63, 3.8) is 0 Å². The number of hydrogen-bond donors (Lipinski definition) is 1. The van der Waals surface area contributed by atoms with Gasteiger partial charge in [0.15, 0.2) is 0 Å². The molecule has 0 heterocycles. The lowest BCUT2D eigenvalue weighted by Gasteiger charge is -2.02. The molecule has 0 aromatic rings. The highest BCUT2D eigenvalue weighted by Crippen LogP contribution is 1.86. The average Bonchev–Trinajstić information content (AvgIpc) is 1.97. The summed E-state index contributed by atoms with van der Waals surface area (Å²) in [5.41, 5.74) is 2.94. The lowest BCUT2D eigenvalue weighted by atomic mass is 10.4. The van der Waals surface area contributed by atoms with Crippen molar-refractivity contribution in [2.75, 3.05) is 13.2 Å². The van der Waals surface area contributed by atoms with Gasteiger partial charge in [0.25, 0.3) is 0 Å². The van der Waals surface area contributed by atoms with Crippen molar-refractivity contribution < 1.29 is 4.84 Å². The van der Waals surface area contributed by atoms with Crippen LogP contribution in [0.25, 0.3) is 0 Å². The van der Waals surface area contributed by atoms with Gasteiger partial charge < -0.3 is 4.84 Å². The zero-order chi connectivity index (χ0) is 7.66. The highest BCUT2D eigenvalue weighted by molar-refractivity contribution is 6.08. The molecule has 0 bridgehead atoms. The van der Waals surface area contributed by atoms with Crippen molar-refractivity contribution in [1.82, 2.24) is 5.48 Å². The van der Waals surface area contributed by atoms with E-state index in [4.69, 9.17) is 4.84 Å². The molecule has 0 amide bonds. The lowest BCUT2D eigenvalue weighted by molar-refractivity contribution is 0.0396. The molecule has 0 aromatic heterocycles. The number of nitrogens with one attached hydrogen (secondary N) is 1. The van der Waals surface area contributed by atoms with Crippen LogP contribution in [0.15, 0.2) is 0 Å². The maximum absolute atomic E-state index is 5.14. The first-order valence-electron chi connectivity index (χ1n) is 4.26. The minimum Gasteiger partial charge on any atom is -0.302 e. The predicted molar refractivity (Wildman–Crippen MR) is 48.2 cm³/mol. The zero-order valence-electron chi connectivity index (χ0n) is 7.15. The minimum atomic E-state index is 0.859. The van der Waals surface area contributed by atoms with Crippen LogP contribution >= 0.6 is 0 Å². The van der Waals surface area contributed by atoms with Crippen molar-refractivity contribution in [1.29, 1.82) is 0 Å². The van der Waals surface area contributed by atoms with E-state index in [1.54, 1.807) is 0 Å². The fraction of sp³-hybridized carbons (Fsp3) is 1.00. The summed E-state index contributed by atoms with van der Waals surface area (Å²) in [6.07, 6.45) is 3.63. The lowest BCUT2D eigenvalue weighted by Crippen LogP contribution is -2.16. The van der Waals surface area contributed by atoms with E-state index < -0.39 is 0 Å². The van der Waals surface area contributed by atoms with Gasteiger partial charge in [-0.25, -0.2) is 5.48 Å². The maximum Gasteiger partial charge on any atom is 0.0682 e. The smallest absolute Gasteiger partial charge is 0.0682 e. The van der Waals surface area contributed by atoms with Crippen molar-refractivity contribution in [2.24, 2.45) is 0 Å². The molecule has 0 atom stereocenters. The van der Waals surface area contributed by atoms with Crippen LogP contribution in [0.4, 0.5) is 0 Å². The van der Waals surface area contributed by atoms with Crippen molar-refractivity contribution in [3.05, 3.63) is 0 Å². The van der Waals surface area contributed by atoms with Crippen molar-refractivity contribution >= 4 is 10.2 Å². The topological polar surface area (TPSA) is 21.3 Å². The van der Waals surface area contributed by atoms with Crippen molar-refractivity contribution in [2.45, 2.75) is 32.2 Å². The summed E-state index contributed by atoms with van der Waals surface area (Å²) in [6.45, 7) is 4.05. The van der Waals surface area contributed by atoms with Gasteiger partial charge in [-0.2, -0.15) is 0 Å². The first-order chi connectivity index (χ1) is 4.91. The summed E-state index contributed by atoms with van der Waals surface area (Å²) >= 11 is 0. The normalized spacial score (nSPS) is 10.5. The molecular formula is C7H19NOSi. The molecule has 0 fully saturated rings. The van der Waals surface area contributed by atoms with E-state index in [0.717, 1.165) is 19.6 Å². The van der Waals surface area contributed by atoms with Crippen LogP contribution in [0.3, 0.4) is 0 Å². The number of hydrogen-bond acceptors (Lipinski definition) is 2. The molecule has 0 aliphatic carbocycles. The third kappa shape index (κ3) is 8.14. The van der Waals surface area contributed by atoms with Gasteiger partial charge in [0.2, 0.25) is 0 Å². The molecule has 0 aliphatic rings. The van der Waals surface area contributed by atoms with Gasteiger partial charge in [-0.15, -0.1) is 0 Å². The standard InChI is InChI=1S/C7H19NOSi/c1-2-3-6-9-8-5-4-7-10/h8H,2-7H2,1,10H3. The van der Waals surface area contributed by atoms with Crippen LogP contribution in [0.5, 0.6) is 0 Å². The summed E-state index contributed by atoms with van der Waals surface area (Å²) in [7, 11) is 1.31. The van der Waals surface area contributed by atoms with Gasteiger partial charge in [0, 0.05) is 16.8 Å². The molecule has 62 valence electrons. The molecule has 2 nitrogen and oxygen atoms in total. The maximum atomic E-state index is 5.14. The quantitative estimate of drug-likeness (QED) is 0.333. The molecular weight excluding hydrogens is 142 g/mol. The van der Waals surface area contributed by atoms with E-state index in [1.807, 2.05) is 0 Å². The second kappa shape index (κ2) is 9.14. The fourth-order valence-corrected chi connectivity index (χ4v) is 0.963. The van der Waals surface area contributed by atoms with Gasteiger partial charge in [-0.3, -0.25) is 0 Å². The third-order valence-corrected chi connectivity index (χ3v) is 2.04. The Labute approximate surface area is 66.7 Å². The predicted octanol–water partition coefficient (Wildman–Crippen LogP) is 0.481. The first kappa shape index (κ1) is 10.1. The van der Waals surface area contributed by atoms with Crippen LogP contribution < -0.4 is 5.48 Å². The summed E-state index contributed by atoms with van der Waals surface area (Å²) < 4.78 is 0. The van der Waals surface area contributed by atoms with Gasteiger partial charge in [-0.05, 0) is 12.8 Å². The average molecular weight is 161 g/mol. The Morgan fingerprint density at radius 2 is 2.20 bits per heavy atom. The summed E-state index contributed by atoms with van der Waals surface area (Å²) in [5.74, 6) is 0. The fourth-order valence-electron chi connectivity index (χ4n) is 0.610. The zero-order valence-corrected chi connectivity index (χ0v) is 9.15. The molecule has 10 heavy (non-hydrogen) atoms. The van der Waals surface area contributed by atoms with E-state index in [0.29, 0.717) is 0 Å². The van der Waals surface area contributed by atoms with Gasteiger partial charge in [-0.1, -0.05) is 19.4 Å². The van der Waals surface area contributed by atoms with E-state index in [2.05, 4.69) is 12.4 Å². The Hall–Kier alpha value is 0.137. The van der Waals surface area contributed by atoms with E-state index >= 15 is 0 Å². The molecule has 0 saturated heterocycles. The van der Waals surface area contributed by atoms with Crippen LogP contribution in [-0.2, 0) is 4.84 Å². The Bertz CT molecular complexity index is 53.6. The van der Waals surface area contributed by atoms with E-state index in [-0.39, 0.29) is 0 Å². The Balaban J connectivity index is 2.65. The summed E-state index contributed by atoms with van der Waals surface area (Å²) in [5, 5.41) is 0. The van der Waals surface area contributed by atoms with Gasteiger partial charge in [0.1, 0.15) is 0 Å². The van der Waals surface area contributed by atoms with Gasteiger partial charge >= 0.3 is 0 Å². The number of unbranched alkanes of at least 4 members (excludes halogenated alkanes) is 1. The van der Waals surface area contributed by atoms with Crippen LogP contribution in [0.1, 0.15) is 26.2 Å². The third-order valence-electron chi connectivity index (χ3n) is 1.33. The molecule has 0 aromatic carbocycles. The Morgan fingerprint density at radius 3 is 2.80 bits per heavy atom.